The molecule has 0 aromatic rings. The second-order valence-corrected chi connectivity index (χ2v) is 7.17. The number of hydrogen-bond acceptors (Lipinski definition) is 3. The smallest absolute Gasteiger partial charge is 0.223 e. The Kier molecular flexibility index (Phi) is 5.30. The number of nitrogens with one attached hydrogen (secondary N) is 1. The molecule has 0 radical (unpaired) electrons. The molecular weight excluding hydrogens is 264 g/mol. The Balaban J connectivity index is 1.74. The summed E-state index contributed by atoms with van der Waals surface area (Å²) in [5.74, 6) is 0.274. The van der Waals surface area contributed by atoms with Gasteiger partial charge in [-0.15, -0.1) is 0 Å². The van der Waals surface area contributed by atoms with Crippen LogP contribution in [-0.4, -0.2) is 33.1 Å². The summed E-state index contributed by atoms with van der Waals surface area (Å²) in [7, 11) is 0. The van der Waals surface area contributed by atoms with Crippen LogP contribution in [0.4, 0.5) is 0 Å². The Morgan fingerprint density at radius 1 is 1.39 bits per heavy atom. The fourth-order valence-corrected chi connectivity index (χ4v) is 4.20. The third-order valence-electron chi connectivity index (χ3n) is 3.75. The van der Waals surface area contributed by atoms with Gasteiger partial charge in [0, 0.05) is 19.0 Å². The van der Waals surface area contributed by atoms with Gasteiger partial charge in [-0.3, -0.25) is 4.79 Å². The van der Waals surface area contributed by atoms with E-state index in [0.717, 1.165) is 17.3 Å². The first-order chi connectivity index (χ1) is 8.66. The van der Waals surface area contributed by atoms with Crippen molar-refractivity contribution in [3.05, 3.63) is 0 Å². The Morgan fingerprint density at radius 3 is 2.72 bits per heavy atom. The number of amides is 1. The number of nitrogens with zero attached hydrogens (tertiary/aromatic N) is 1. The van der Waals surface area contributed by atoms with Gasteiger partial charge in [-0.25, -0.2) is 0 Å². The van der Waals surface area contributed by atoms with E-state index in [2.05, 4.69) is 12.2 Å². The fourth-order valence-electron chi connectivity index (χ4n) is 2.72. The number of carbonyl (C=O) groups excluding carboxylic acids is 1. The maximum Gasteiger partial charge on any atom is 0.223 e. The predicted octanol–water partition coefficient (Wildman–Crippen LogP) is 2.90. The number of likely N-dealkylation sites (tertiary alicyclic amines) is 1. The molecule has 1 saturated carbocycles. The van der Waals surface area contributed by atoms with Crippen LogP contribution >= 0.6 is 24.0 Å². The molecule has 1 amide bonds. The minimum atomic E-state index is 0.170. The van der Waals surface area contributed by atoms with Gasteiger partial charge in [-0.2, -0.15) is 0 Å². The van der Waals surface area contributed by atoms with Crippen LogP contribution in [0.25, 0.3) is 0 Å². The molecule has 2 rings (SSSR count). The van der Waals surface area contributed by atoms with Crippen molar-refractivity contribution < 1.29 is 4.79 Å². The zero-order valence-electron chi connectivity index (χ0n) is 11.0. The number of hydrogen-bond donors (Lipinski definition) is 1. The second kappa shape index (κ2) is 6.75. The first-order valence-electron chi connectivity index (χ1n) is 6.93. The van der Waals surface area contributed by atoms with E-state index in [1.54, 1.807) is 11.8 Å². The van der Waals surface area contributed by atoms with E-state index in [1.165, 1.54) is 32.1 Å². The molecule has 1 aliphatic heterocycles. The van der Waals surface area contributed by atoms with Crippen LogP contribution < -0.4 is 5.32 Å². The highest BCUT2D eigenvalue weighted by Gasteiger charge is 2.26. The molecule has 0 spiro atoms. The minimum Gasteiger partial charge on any atom is -0.368 e. The van der Waals surface area contributed by atoms with Gasteiger partial charge in [0.1, 0.15) is 4.32 Å². The average molecular weight is 286 g/mol. The van der Waals surface area contributed by atoms with E-state index >= 15 is 0 Å². The van der Waals surface area contributed by atoms with E-state index in [9.17, 15) is 4.79 Å². The van der Waals surface area contributed by atoms with Crippen LogP contribution in [0.3, 0.4) is 0 Å². The van der Waals surface area contributed by atoms with Gasteiger partial charge in [0.15, 0.2) is 0 Å². The Morgan fingerprint density at radius 2 is 2.11 bits per heavy atom. The molecule has 18 heavy (non-hydrogen) atoms. The van der Waals surface area contributed by atoms with Crippen LogP contribution in [0.15, 0.2) is 0 Å². The van der Waals surface area contributed by atoms with Crippen molar-refractivity contribution in [3.63, 3.8) is 0 Å². The number of carbonyl (C=O) groups is 1. The highest BCUT2D eigenvalue weighted by atomic mass is 32.2. The van der Waals surface area contributed by atoms with Gasteiger partial charge in [0.25, 0.3) is 0 Å². The molecule has 1 unspecified atom stereocenters. The number of rotatable bonds is 3. The maximum atomic E-state index is 11.6. The molecule has 3 nitrogen and oxygen atoms in total. The average Bonchev–Trinajstić information content (AvgIpc) is 2.76. The summed E-state index contributed by atoms with van der Waals surface area (Å²) in [6, 6.07) is 0.556. The first-order valence-corrected chi connectivity index (χ1v) is 8.22. The van der Waals surface area contributed by atoms with Crippen molar-refractivity contribution in [1.29, 1.82) is 0 Å². The lowest BCUT2D eigenvalue weighted by Gasteiger charge is -2.27. The van der Waals surface area contributed by atoms with E-state index in [1.807, 2.05) is 4.90 Å². The summed E-state index contributed by atoms with van der Waals surface area (Å²) >= 11 is 7.02. The van der Waals surface area contributed by atoms with E-state index < -0.39 is 0 Å². The molecule has 1 saturated heterocycles. The van der Waals surface area contributed by atoms with Crippen molar-refractivity contribution in [3.8, 4) is 0 Å². The van der Waals surface area contributed by atoms with Gasteiger partial charge in [-0.05, 0) is 26.2 Å². The van der Waals surface area contributed by atoms with Gasteiger partial charge >= 0.3 is 0 Å². The van der Waals surface area contributed by atoms with Crippen LogP contribution in [0.1, 0.15) is 51.9 Å². The van der Waals surface area contributed by atoms with Crippen molar-refractivity contribution in [2.75, 3.05) is 6.54 Å². The maximum absolute atomic E-state index is 11.6. The highest BCUT2D eigenvalue weighted by molar-refractivity contribution is 8.23. The van der Waals surface area contributed by atoms with Gasteiger partial charge < -0.3 is 10.2 Å². The van der Waals surface area contributed by atoms with Crippen molar-refractivity contribution in [2.24, 2.45) is 0 Å². The number of thioether (sulfide) groups is 1. The molecule has 1 atom stereocenters. The summed E-state index contributed by atoms with van der Waals surface area (Å²) < 4.78 is 0.856. The predicted molar refractivity (Wildman–Crippen MR) is 80.6 cm³/mol. The molecule has 0 aromatic carbocycles. The molecule has 5 heteroatoms. The minimum absolute atomic E-state index is 0.170. The molecule has 2 fully saturated rings. The molecule has 0 bridgehead atoms. The van der Waals surface area contributed by atoms with Gasteiger partial charge in [0.2, 0.25) is 5.91 Å². The lowest BCUT2D eigenvalue weighted by atomic mass is 9.96. The monoisotopic (exact) mass is 286 g/mol. The quantitative estimate of drug-likeness (QED) is 0.809. The standard InChI is InChI=1S/C13H22N2OS2/c1-10(15-9-5-8-12(15)16)18-13(17)14-11-6-3-2-4-7-11/h10-11H,2-9H2,1H3,(H,14,17). The van der Waals surface area contributed by atoms with Crippen LogP contribution in [0.5, 0.6) is 0 Å². The van der Waals surface area contributed by atoms with Crippen molar-refractivity contribution in [1.82, 2.24) is 10.2 Å². The Bertz CT molecular complexity index is 316. The van der Waals surface area contributed by atoms with E-state index in [-0.39, 0.29) is 11.3 Å². The Hall–Kier alpha value is -0.290. The van der Waals surface area contributed by atoms with Crippen LogP contribution in [-0.2, 0) is 4.79 Å². The molecule has 1 N–H and O–H groups in total. The van der Waals surface area contributed by atoms with Gasteiger partial charge in [-0.1, -0.05) is 43.2 Å². The third kappa shape index (κ3) is 3.85. The summed E-state index contributed by atoms with van der Waals surface area (Å²) in [6.45, 7) is 2.96. The van der Waals surface area contributed by atoms with Crippen molar-refractivity contribution in [2.45, 2.75) is 63.3 Å². The zero-order valence-corrected chi connectivity index (χ0v) is 12.6. The highest BCUT2D eigenvalue weighted by Crippen LogP contribution is 2.24. The largest absolute Gasteiger partial charge is 0.368 e. The number of thiocarbonyl (C=S) groups is 1. The SMILES string of the molecule is CC(SC(=S)NC1CCCCC1)N1CCCC1=O. The lowest BCUT2D eigenvalue weighted by molar-refractivity contribution is -0.128. The topological polar surface area (TPSA) is 32.3 Å². The van der Waals surface area contributed by atoms with Crippen LogP contribution in [0.2, 0.25) is 0 Å². The zero-order chi connectivity index (χ0) is 13.0. The summed E-state index contributed by atoms with van der Waals surface area (Å²) in [4.78, 5) is 13.6. The molecule has 1 heterocycles. The summed E-state index contributed by atoms with van der Waals surface area (Å²) in [5.41, 5.74) is 0. The van der Waals surface area contributed by atoms with E-state index in [0.29, 0.717) is 12.5 Å². The Labute approximate surface area is 119 Å². The van der Waals surface area contributed by atoms with Crippen molar-refractivity contribution >= 4 is 34.2 Å². The summed E-state index contributed by atoms with van der Waals surface area (Å²) in [5, 5.41) is 3.61. The van der Waals surface area contributed by atoms with Gasteiger partial charge in [0.05, 0.1) is 5.37 Å². The molecule has 102 valence electrons. The molecule has 1 aliphatic carbocycles. The second-order valence-electron chi connectivity index (χ2n) is 5.17. The molecular formula is C13H22N2OS2. The lowest BCUT2D eigenvalue weighted by Crippen LogP contribution is -2.37. The van der Waals surface area contributed by atoms with E-state index in [4.69, 9.17) is 12.2 Å². The summed E-state index contributed by atoms with van der Waals surface area (Å²) in [6.07, 6.45) is 8.14. The third-order valence-corrected chi connectivity index (χ3v) is 5.09. The van der Waals surface area contributed by atoms with Crippen LogP contribution in [0, 0.1) is 0 Å². The normalized spacial score (nSPS) is 23.2. The first kappa shape index (κ1) is 14.1. The molecule has 2 aliphatic rings. The fraction of sp³-hybridized carbons (Fsp3) is 0.846. The molecule has 0 aromatic heterocycles.